The van der Waals surface area contributed by atoms with Crippen molar-refractivity contribution in [1.82, 2.24) is 10.2 Å². The highest BCUT2D eigenvalue weighted by Crippen LogP contribution is 2.13. The topological polar surface area (TPSA) is 15.3 Å². The fourth-order valence-corrected chi connectivity index (χ4v) is 2.00. The first-order valence-corrected chi connectivity index (χ1v) is 6.70. The molecule has 2 unspecified atom stereocenters. The van der Waals surface area contributed by atoms with Crippen LogP contribution in [0.25, 0.3) is 0 Å². The minimum Gasteiger partial charge on any atom is -0.317 e. The van der Waals surface area contributed by atoms with Gasteiger partial charge in [0.1, 0.15) is 5.82 Å². The highest BCUT2D eigenvalue weighted by atomic mass is 19.1. The molecule has 2 atom stereocenters. The van der Waals surface area contributed by atoms with Crippen LogP contribution >= 0.6 is 0 Å². The van der Waals surface area contributed by atoms with Gasteiger partial charge < -0.3 is 5.32 Å². The van der Waals surface area contributed by atoms with Crippen molar-refractivity contribution in [3.8, 4) is 0 Å². The van der Waals surface area contributed by atoms with Gasteiger partial charge in [0.25, 0.3) is 0 Å². The summed E-state index contributed by atoms with van der Waals surface area (Å²) in [5, 5.41) is 3.38. The molecule has 0 saturated heterocycles. The van der Waals surface area contributed by atoms with E-state index in [0.29, 0.717) is 12.0 Å². The highest BCUT2D eigenvalue weighted by Gasteiger charge is 2.16. The molecule has 0 fully saturated rings. The number of hydrogen-bond acceptors (Lipinski definition) is 2. The van der Waals surface area contributed by atoms with E-state index in [9.17, 15) is 4.39 Å². The lowest BCUT2D eigenvalue weighted by Crippen LogP contribution is -2.38. The quantitative estimate of drug-likeness (QED) is 0.802. The van der Waals surface area contributed by atoms with Gasteiger partial charge in [0.05, 0.1) is 0 Å². The maximum absolute atomic E-state index is 12.8. The Morgan fingerprint density at radius 3 is 2.39 bits per heavy atom. The van der Waals surface area contributed by atoms with Crippen LogP contribution in [0.15, 0.2) is 24.3 Å². The standard InChI is InChI=1S/C15H25FN2/c1-5-17-10-12(2)13(3)18(4)11-14-6-8-15(16)9-7-14/h6-9,12-13,17H,5,10-11H2,1-4H3. The Bertz CT molecular complexity index is 337. The molecule has 1 rings (SSSR count). The van der Waals surface area contributed by atoms with Crippen molar-refractivity contribution in [2.75, 3.05) is 20.1 Å². The van der Waals surface area contributed by atoms with E-state index in [-0.39, 0.29) is 5.82 Å². The molecule has 2 nitrogen and oxygen atoms in total. The minimum atomic E-state index is -0.171. The van der Waals surface area contributed by atoms with Crippen LogP contribution in [0.5, 0.6) is 0 Å². The molecule has 1 aromatic carbocycles. The van der Waals surface area contributed by atoms with Crippen molar-refractivity contribution < 1.29 is 4.39 Å². The van der Waals surface area contributed by atoms with Gasteiger partial charge in [-0.1, -0.05) is 26.0 Å². The number of nitrogens with zero attached hydrogens (tertiary/aromatic N) is 1. The van der Waals surface area contributed by atoms with Crippen molar-refractivity contribution in [2.45, 2.75) is 33.4 Å². The van der Waals surface area contributed by atoms with Crippen LogP contribution < -0.4 is 5.32 Å². The number of halogens is 1. The Balaban J connectivity index is 2.48. The molecule has 0 heterocycles. The molecule has 0 aromatic heterocycles. The second-order valence-corrected chi connectivity index (χ2v) is 5.07. The van der Waals surface area contributed by atoms with Crippen LogP contribution in [0, 0.1) is 11.7 Å². The van der Waals surface area contributed by atoms with E-state index >= 15 is 0 Å². The van der Waals surface area contributed by atoms with E-state index in [1.165, 1.54) is 12.1 Å². The van der Waals surface area contributed by atoms with E-state index in [1.54, 1.807) is 0 Å². The molecular weight excluding hydrogens is 227 g/mol. The van der Waals surface area contributed by atoms with Crippen molar-refractivity contribution in [2.24, 2.45) is 5.92 Å². The lowest BCUT2D eigenvalue weighted by atomic mass is 10.0. The predicted molar refractivity (Wildman–Crippen MR) is 75.0 cm³/mol. The van der Waals surface area contributed by atoms with Crippen molar-refractivity contribution >= 4 is 0 Å². The number of nitrogens with one attached hydrogen (secondary N) is 1. The Kier molecular flexibility index (Phi) is 6.30. The third kappa shape index (κ3) is 4.75. The summed E-state index contributed by atoms with van der Waals surface area (Å²) in [5.41, 5.74) is 1.15. The number of hydrogen-bond donors (Lipinski definition) is 1. The van der Waals surface area contributed by atoms with Crippen LogP contribution in [0.4, 0.5) is 4.39 Å². The van der Waals surface area contributed by atoms with E-state index < -0.39 is 0 Å². The average molecular weight is 252 g/mol. The van der Waals surface area contributed by atoms with E-state index in [1.807, 2.05) is 12.1 Å². The van der Waals surface area contributed by atoms with Crippen molar-refractivity contribution in [3.05, 3.63) is 35.6 Å². The van der Waals surface area contributed by atoms with E-state index in [0.717, 1.165) is 25.2 Å². The van der Waals surface area contributed by atoms with E-state index in [4.69, 9.17) is 0 Å². The van der Waals surface area contributed by atoms with Crippen molar-refractivity contribution in [3.63, 3.8) is 0 Å². The van der Waals surface area contributed by atoms with Gasteiger partial charge in [-0.15, -0.1) is 0 Å². The fraction of sp³-hybridized carbons (Fsp3) is 0.600. The number of rotatable bonds is 7. The maximum atomic E-state index is 12.8. The SMILES string of the molecule is CCNCC(C)C(C)N(C)Cc1ccc(F)cc1. The summed E-state index contributed by atoms with van der Waals surface area (Å²) in [6, 6.07) is 7.25. The van der Waals surface area contributed by atoms with E-state index in [2.05, 4.69) is 38.0 Å². The predicted octanol–water partition coefficient (Wildman–Crippen LogP) is 2.89. The molecule has 0 spiro atoms. The lowest BCUT2D eigenvalue weighted by Gasteiger charge is -2.30. The zero-order valence-electron chi connectivity index (χ0n) is 11.9. The third-order valence-corrected chi connectivity index (χ3v) is 3.58. The zero-order chi connectivity index (χ0) is 13.5. The fourth-order valence-electron chi connectivity index (χ4n) is 2.00. The molecule has 3 heteroatoms. The third-order valence-electron chi connectivity index (χ3n) is 3.58. The Hall–Kier alpha value is -0.930. The first-order chi connectivity index (χ1) is 8.54. The van der Waals surface area contributed by atoms with Gasteiger partial charge in [-0.3, -0.25) is 4.90 Å². The van der Waals surface area contributed by atoms with Crippen LogP contribution in [0.1, 0.15) is 26.3 Å². The van der Waals surface area contributed by atoms with Crippen LogP contribution in [-0.4, -0.2) is 31.1 Å². The molecule has 0 aliphatic heterocycles. The van der Waals surface area contributed by atoms with Gasteiger partial charge in [0.15, 0.2) is 0 Å². The molecule has 0 aliphatic rings. The smallest absolute Gasteiger partial charge is 0.123 e. The summed E-state index contributed by atoms with van der Waals surface area (Å²) >= 11 is 0. The Morgan fingerprint density at radius 2 is 1.83 bits per heavy atom. The van der Waals surface area contributed by atoms with Gasteiger partial charge in [-0.2, -0.15) is 0 Å². The van der Waals surface area contributed by atoms with Crippen LogP contribution in [0.3, 0.4) is 0 Å². The molecule has 18 heavy (non-hydrogen) atoms. The van der Waals surface area contributed by atoms with Crippen LogP contribution in [0.2, 0.25) is 0 Å². The highest BCUT2D eigenvalue weighted by molar-refractivity contribution is 5.15. The average Bonchev–Trinajstić information content (AvgIpc) is 2.37. The zero-order valence-corrected chi connectivity index (χ0v) is 11.9. The Morgan fingerprint density at radius 1 is 1.22 bits per heavy atom. The second kappa shape index (κ2) is 7.49. The van der Waals surface area contributed by atoms with Gasteiger partial charge in [0.2, 0.25) is 0 Å². The molecule has 0 bridgehead atoms. The maximum Gasteiger partial charge on any atom is 0.123 e. The molecule has 102 valence electrons. The number of benzene rings is 1. The second-order valence-electron chi connectivity index (χ2n) is 5.07. The molecule has 1 N–H and O–H groups in total. The van der Waals surface area contributed by atoms with Gasteiger partial charge >= 0.3 is 0 Å². The van der Waals surface area contributed by atoms with Gasteiger partial charge in [0, 0.05) is 12.6 Å². The Labute approximate surface area is 110 Å². The summed E-state index contributed by atoms with van der Waals surface area (Å²) in [6.45, 7) is 9.53. The molecule has 0 saturated carbocycles. The lowest BCUT2D eigenvalue weighted by molar-refractivity contribution is 0.189. The normalized spacial score (nSPS) is 14.8. The monoisotopic (exact) mass is 252 g/mol. The molecule has 0 radical (unpaired) electrons. The molecule has 0 amide bonds. The van der Waals surface area contributed by atoms with Gasteiger partial charge in [-0.05, 0) is 50.7 Å². The van der Waals surface area contributed by atoms with Crippen molar-refractivity contribution in [1.29, 1.82) is 0 Å². The summed E-state index contributed by atoms with van der Waals surface area (Å²) in [5.74, 6) is 0.422. The minimum absolute atomic E-state index is 0.171. The summed E-state index contributed by atoms with van der Waals surface area (Å²) in [7, 11) is 2.12. The molecule has 1 aromatic rings. The molecular formula is C15H25FN2. The first-order valence-electron chi connectivity index (χ1n) is 6.70. The summed E-state index contributed by atoms with van der Waals surface area (Å²) in [6.07, 6.45) is 0. The van der Waals surface area contributed by atoms with Gasteiger partial charge in [-0.25, -0.2) is 4.39 Å². The first kappa shape index (κ1) is 15.1. The molecule has 0 aliphatic carbocycles. The summed E-state index contributed by atoms with van der Waals surface area (Å²) < 4.78 is 12.8. The largest absolute Gasteiger partial charge is 0.317 e. The summed E-state index contributed by atoms with van der Waals surface area (Å²) in [4.78, 5) is 2.31. The van der Waals surface area contributed by atoms with Crippen LogP contribution in [-0.2, 0) is 6.54 Å².